The fourth-order valence-electron chi connectivity index (χ4n) is 3.45. The predicted octanol–water partition coefficient (Wildman–Crippen LogP) is 8.06. The molecule has 0 fully saturated rings. The van der Waals surface area contributed by atoms with Crippen molar-refractivity contribution in [2.75, 3.05) is 7.11 Å². The van der Waals surface area contributed by atoms with E-state index in [0.29, 0.717) is 5.56 Å². The summed E-state index contributed by atoms with van der Waals surface area (Å²) in [4.78, 5) is 14.8. The number of alkyl halides is 5. The van der Waals surface area contributed by atoms with Gasteiger partial charge in [-0.15, -0.1) is 0 Å². The number of rotatable bonds is 10. The molecule has 0 saturated carbocycles. The van der Waals surface area contributed by atoms with Gasteiger partial charge in [0.1, 0.15) is 17.2 Å². The van der Waals surface area contributed by atoms with E-state index in [1.54, 1.807) is 24.3 Å². The van der Waals surface area contributed by atoms with Crippen LogP contribution in [-0.4, -0.2) is 31.3 Å². The molecule has 0 N–H and O–H groups in total. The molecule has 0 aromatic heterocycles. The number of carbonyl (C=O) groups is 1. The first kappa shape index (κ1) is 28.0. The minimum absolute atomic E-state index is 0.145. The van der Waals surface area contributed by atoms with Crippen molar-refractivity contribution in [2.24, 2.45) is 0 Å². The van der Waals surface area contributed by atoms with Crippen LogP contribution in [0, 0.1) is 0 Å². The van der Waals surface area contributed by atoms with Gasteiger partial charge in [0.2, 0.25) is 0 Å². The highest BCUT2D eigenvalue weighted by Crippen LogP contribution is 2.38. The number of carbonyl (C=O) groups excluding carboxylic acids is 1. The summed E-state index contributed by atoms with van der Waals surface area (Å²) in [5, 5.41) is 0. The van der Waals surface area contributed by atoms with Crippen molar-refractivity contribution in [1.82, 2.24) is 0 Å². The van der Waals surface area contributed by atoms with Gasteiger partial charge in [-0.25, -0.2) is 4.39 Å². The summed E-state index contributed by atoms with van der Waals surface area (Å²) >= 11 is 1.52. The van der Waals surface area contributed by atoms with Crippen molar-refractivity contribution in [3.05, 3.63) is 114 Å². The smallest absolute Gasteiger partial charge is 0.449 e. The van der Waals surface area contributed by atoms with Crippen molar-refractivity contribution in [3.63, 3.8) is 0 Å². The molecule has 0 heterocycles. The summed E-state index contributed by atoms with van der Waals surface area (Å²) in [6.07, 6.45) is -9.78. The van der Waals surface area contributed by atoms with Gasteiger partial charge < -0.3 is 14.2 Å². The van der Waals surface area contributed by atoms with Crippen LogP contribution in [-0.2, 0) is 0 Å². The fraction of sp³-hybridized carbons (Fsp3) is 0.138. The molecule has 4 rings (SSSR count). The van der Waals surface area contributed by atoms with Crippen LogP contribution < -0.4 is 14.2 Å². The van der Waals surface area contributed by atoms with Crippen molar-refractivity contribution >= 4 is 17.5 Å². The Morgan fingerprint density at radius 2 is 1.23 bits per heavy atom. The van der Waals surface area contributed by atoms with E-state index in [9.17, 15) is 22.4 Å². The molecule has 202 valence electrons. The number of ketones is 1. The van der Waals surface area contributed by atoms with E-state index < -0.39 is 29.9 Å². The van der Waals surface area contributed by atoms with Gasteiger partial charge in [-0.05, 0) is 72.8 Å². The number of halogens is 5. The highest BCUT2D eigenvalue weighted by atomic mass is 32.2. The van der Waals surface area contributed by atoms with E-state index in [1.807, 2.05) is 30.3 Å². The van der Waals surface area contributed by atoms with E-state index in [1.165, 1.54) is 43.1 Å². The second-order valence-corrected chi connectivity index (χ2v) is 9.31. The Labute approximate surface area is 225 Å². The summed E-state index contributed by atoms with van der Waals surface area (Å²) in [5.74, 6) is -1.18. The highest BCUT2D eigenvalue weighted by Gasteiger charge is 2.61. The zero-order chi connectivity index (χ0) is 28.0. The molecule has 0 aliphatic carbocycles. The lowest BCUT2D eigenvalue weighted by atomic mass is 10.0. The van der Waals surface area contributed by atoms with Crippen molar-refractivity contribution < 1.29 is 41.0 Å². The summed E-state index contributed by atoms with van der Waals surface area (Å²) < 4.78 is 83.5. The monoisotopic (exact) mass is 560 g/mol. The lowest BCUT2D eigenvalue weighted by Crippen LogP contribution is -2.53. The third-order valence-electron chi connectivity index (χ3n) is 5.36. The molecule has 4 aromatic carbocycles. The Balaban J connectivity index is 1.50. The van der Waals surface area contributed by atoms with Gasteiger partial charge in [-0.3, -0.25) is 4.79 Å². The Morgan fingerprint density at radius 3 is 1.82 bits per heavy atom. The Kier molecular flexibility index (Phi) is 8.44. The lowest BCUT2D eigenvalue weighted by molar-refractivity contribution is -0.325. The topological polar surface area (TPSA) is 44.8 Å². The first-order chi connectivity index (χ1) is 18.6. The van der Waals surface area contributed by atoms with E-state index in [0.717, 1.165) is 34.1 Å². The summed E-state index contributed by atoms with van der Waals surface area (Å²) in [6, 6.07) is 21.8. The SMILES string of the molecule is COc1cccc(OC(F)(Oc2ccc(C(=O)c3ccc(Sc4ccccc4)cc3)cc2)C(F)C(F)(F)F)c1. The Hall–Kier alpha value is -4.05. The minimum Gasteiger partial charge on any atom is -0.497 e. The molecule has 0 amide bonds. The first-order valence-corrected chi connectivity index (χ1v) is 12.3. The molecular formula is C29H21F5O4S. The second kappa shape index (κ2) is 11.8. The normalized spacial score (nSPS) is 13.7. The third kappa shape index (κ3) is 7.08. The van der Waals surface area contributed by atoms with Crippen LogP contribution in [0.25, 0.3) is 0 Å². The summed E-state index contributed by atoms with van der Waals surface area (Å²) in [6.45, 7) is 0. The molecule has 4 aromatic rings. The van der Waals surface area contributed by atoms with Crippen molar-refractivity contribution in [2.45, 2.75) is 28.2 Å². The molecular weight excluding hydrogens is 539 g/mol. The molecule has 0 aliphatic heterocycles. The number of ether oxygens (including phenoxy) is 3. The largest absolute Gasteiger partial charge is 0.497 e. The van der Waals surface area contributed by atoms with Crippen LogP contribution in [0.3, 0.4) is 0 Å². The summed E-state index contributed by atoms with van der Waals surface area (Å²) in [5.41, 5.74) is 0.528. The van der Waals surface area contributed by atoms with Crippen LogP contribution in [0.2, 0.25) is 0 Å². The molecule has 0 aliphatic rings. The second-order valence-electron chi connectivity index (χ2n) is 8.16. The Bertz CT molecular complexity index is 1400. The number of benzene rings is 4. The van der Waals surface area contributed by atoms with Gasteiger partial charge in [0.15, 0.2) is 5.78 Å². The minimum atomic E-state index is -5.63. The number of hydrogen-bond acceptors (Lipinski definition) is 5. The van der Waals surface area contributed by atoms with E-state index in [-0.39, 0.29) is 17.1 Å². The maximum Gasteiger partial charge on any atom is 0.449 e. The van der Waals surface area contributed by atoms with Gasteiger partial charge in [-0.2, -0.15) is 17.6 Å². The van der Waals surface area contributed by atoms with Crippen molar-refractivity contribution in [3.8, 4) is 17.2 Å². The predicted molar refractivity (Wildman–Crippen MR) is 136 cm³/mol. The summed E-state index contributed by atoms with van der Waals surface area (Å²) in [7, 11) is 1.28. The number of methoxy groups -OCH3 is 1. The van der Waals surface area contributed by atoms with Gasteiger partial charge >= 0.3 is 18.4 Å². The van der Waals surface area contributed by atoms with Crippen molar-refractivity contribution in [1.29, 1.82) is 0 Å². The first-order valence-electron chi connectivity index (χ1n) is 11.5. The van der Waals surface area contributed by atoms with Gasteiger partial charge in [0.05, 0.1) is 7.11 Å². The standard InChI is InChI=1S/C29H21F5O4S/c1-36-22-6-5-7-23(18-22)38-29(34,27(30)28(31,32)33)37-21-14-10-19(11-15-21)26(35)20-12-16-25(17-13-20)39-24-8-3-2-4-9-24/h2-18,27H,1H3. The molecule has 0 bridgehead atoms. The molecule has 4 nitrogen and oxygen atoms in total. The lowest BCUT2D eigenvalue weighted by Gasteiger charge is -2.30. The quantitative estimate of drug-likeness (QED) is 0.112. The fourth-order valence-corrected chi connectivity index (χ4v) is 4.28. The molecule has 10 heteroatoms. The molecule has 0 spiro atoms. The van der Waals surface area contributed by atoms with Crippen LogP contribution in [0.4, 0.5) is 22.0 Å². The van der Waals surface area contributed by atoms with E-state index in [4.69, 9.17) is 14.2 Å². The van der Waals surface area contributed by atoms with E-state index in [2.05, 4.69) is 0 Å². The van der Waals surface area contributed by atoms with Gasteiger partial charge in [0, 0.05) is 27.0 Å². The number of hydrogen-bond donors (Lipinski definition) is 0. The maximum atomic E-state index is 15.4. The molecule has 2 unspecified atom stereocenters. The van der Waals surface area contributed by atoms with Gasteiger partial charge in [-0.1, -0.05) is 36.0 Å². The highest BCUT2D eigenvalue weighted by molar-refractivity contribution is 7.99. The van der Waals surface area contributed by atoms with Gasteiger partial charge in [0.25, 0.3) is 0 Å². The molecule has 39 heavy (non-hydrogen) atoms. The third-order valence-corrected chi connectivity index (χ3v) is 6.37. The van der Waals surface area contributed by atoms with Crippen LogP contribution in [0.1, 0.15) is 15.9 Å². The van der Waals surface area contributed by atoms with Crippen LogP contribution in [0.5, 0.6) is 17.2 Å². The zero-order valence-corrected chi connectivity index (χ0v) is 21.1. The molecule has 2 atom stereocenters. The average Bonchev–Trinajstić information content (AvgIpc) is 2.93. The van der Waals surface area contributed by atoms with E-state index >= 15 is 4.39 Å². The Morgan fingerprint density at radius 1 is 0.692 bits per heavy atom. The molecule has 0 saturated heterocycles. The average molecular weight is 561 g/mol. The van der Waals surface area contributed by atoms with Crippen LogP contribution in [0.15, 0.2) is 113 Å². The van der Waals surface area contributed by atoms with Crippen LogP contribution >= 0.6 is 11.8 Å². The maximum absolute atomic E-state index is 15.4. The zero-order valence-electron chi connectivity index (χ0n) is 20.3. The molecule has 0 radical (unpaired) electrons.